The molecule has 1 N–H and O–H groups in total. The molecule has 15 heavy (non-hydrogen) atoms. The van der Waals surface area contributed by atoms with E-state index in [1.165, 1.54) is 0 Å². The van der Waals surface area contributed by atoms with Gasteiger partial charge in [-0.2, -0.15) is 0 Å². The molecule has 0 bridgehead atoms. The van der Waals surface area contributed by atoms with E-state index in [1.54, 1.807) is 6.07 Å². The van der Waals surface area contributed by atoms with E-state index in [0.29, 0.717) is 12.0 Å². The number of hydrogen-bond donors (Lipinski definition) is 1. The molecule has 0 saturated heterocycles. The first-order valence-electron chi connectivity index (χ1n) is 4.94. The summed E-state index contributed by atoms with van der Waals surface area (Å²) in [6, 6.07) is 5.53. The van der Waals surface area contributed by atoms with Gasteiger partial charge in [0.25, 0.3) is 0 Å². The van der Waals surface area contributed by atoms with E-state index < -0.39 is 11.9 Å². The van der Waals surface area contributed by atoms with Crippen molar-refractivity contribution in [1.29, 1.82) is 0 Å². The molecule has 1 unspecified atom stereocenters. The lowest BCUT2D eigenvalue weighted by Crippen LogP contribution is -2.26. The Morgan fingerprint density at radius 1 is 1.40 bits per heavy atom. The molecule has 0 aliphatic heterocycles. The van der Waals surface area contributed by atoms with E-state index in [1.807, 2.05) is 19.1 Å². The fourth-order valence-corrected chi connectivity index (χ4v) is 2.06. The Bertz CT molecular complexity index is 434. The lowest BCUT2D eigenvalue weighted by molar-refractivity contribution is -0.141. The summed E-state index contributed by atoms with van der Waals surface area (Å²) >= 11 is 0. The van der Waals surface area contributed by atoms with Gasteiger partial charge in [-0.15, -0.1) is 0 Å². The number of fused-ring (bicyclic) bond motifs is 1. The molecule has 3 heteroatoms. The summed E-state index contributed by atoms with van der Waals surface area (Å²) in [6.45, 7) is 1.91. The number of aliphatic carboxylic acids is 1. The van der Waals surface area contributed by atoms with Crippen LogP contribution in [0, 0.1) is 12.8 Å². The molecule has 0 amide bonds. The van der Waals surface area contributed by atoms with Gasteiger partial charge in [0.1, 0.15) is 0 Å². The Labute approximate surface area is 87.7 Å². The van der Waals surface area contributed by atoms with E-state index in [2.05, 4.69) is 0 Å². The van der Waals surface area contributed by atoms with Gasteiger partial charge in [-0.3, -0.25) is 9.59 Å². The molecule has 0 heterocycles. The molecule has 2 rings (SSSR count). The first-order valence-corrected chi connectivity index (χ1v) is 4.94. The van der Waals surface area contributed by atoms with Crippen molar-refractivity contribution in [3.05, 3.63) is 34.9 Å². The molecule has 1 aliphatic rings. The van der Waals surface area contributed by atoms with Crippen LogP contribution in [0.2, 0.25) is 0 Å². The minimum atomic E-state index is -0.878. The zero-order valence-electron chi connectivity index (χ0n) is 8.49. The molecule has 1 aliphatic carbocycles. The summed E-state index contributed by atoms with van der Waals surface area (Å²) in [5.41, 5.74) is 2.61. The quantitative estimate of drug-likeness (QED) is 0.759. The Kier molecular flexibility index (Phi) is 2.31. The van der Waals surface area contributed by atoms with Crippen molar-refractivity contribution in [2.45, 2.75) is 19.8 Å². The first-order chi connectivity index (χ1) is 7.09. The third-order valence-electron chi connectivity index (χ3n) is 2.94. The molecule has 3 nitrogen and oxygen atoms in total. The Balaban J connectivity index is 2.46. The number of hydrogen-bond acceptors (Lipinski definition) is 2. The van der Waals surface area contributed by atoms with Crippen LogP contribution in [-0.4, -0.2) is 16.9 Å². The van der Waals surface area contributed by atoms with Gasteiger partial charge in [0.2, 0.25) is 0 Å². The second kappa shape index (κ2) is 3.50. The van der Waals surface area contributed by atoms with E-state index in [0.717, 1.165) is 11.1 Å². The van der Waals surface area contributed by atoms with Crippen molar-refractivity contribution < 1.29 is 14.7 Å². The summed E-state index contributed by atoms with van der Waals surface area (Å²) in [5.74, 6) is -1.48. The zero-order valence-corrected chi connectivity index (χ0v) is 8.49. The summed E-state index contributed by atoms with van der Waals surface area (Å²) < 4.78 is 0. The summed E-state index contributed by atoms with van der Waals surface area (Å²) in [5, 5.41) is 8.92. The topological polar surface area (TPSA) is 54.4 Å². The summed E-state index contributed by atoms with van der Waals surface area (Å²) in [6.07, 6.45) is 0.606. The molecule has 0 spiro atoms. The van der Waals surface area contributed by atoms with Crippen molar-refractivity contribution in [1.82, 2.24) is 0 Å². The maximum Gasteiger partial charge on any atom is 0.307 e. The fourth-order valence-electron chi connectivity index (χ4n) is 2.06. The van der Waals surface area contributed by atoms with Crippen LogP contribution in [0.3, 0.4) is 0 Å². The van der Waals surface area contributed by atoms with Crippen molar-refractivity contribution in [3.63, 3.8) is 0 Å². The molecule has 0 fully saturated rings. The molecule has 1 aromatic rings. The molecule has 0 aromatic heterocycles. The normalized spacial score (nSPS) is 19.8. The van der Waals surface area contributed by atoms with Crippen LogP contribution in [0.15, 0.2) is 18.2 Å². The van der Waals surface area contributed by atoms with Crippen LogP contribution in [0.1, 0.15) is 27.9 Å². The highest BCUT2D eigenvalue weighted by Crippen LogP contribution is 2.27. The fraction of sp³-hybridized carbons (Fsp3) is 0.333. The largest absolute Gasteiger partial charge is 0.481 e. The number of ketones is 1. The summed E-state index contributed by atoms with van der Waals surface area (Å²) in [7, 11) is 0. The maximum absolute atomic E-state index is 11.7. The van der Waals surface area contributed by atoms with E-state index in [-0.39, 0.29) is 12.2 Å². The van der Waals surface area contributed by atoms with Crippen LogP contribution in [0.5, 0.6) is 0 Å². The lowest BCUT2D eigenvalue weighted by Gasteiger charge is -2.21. The second-order valence-corrected chi connectivity index (χ2v) is 3.97. The van der Waals surface area contributed by atoms with Gasteiger partial charge in [0.05, 0.1) is 5.92 Å². The third-order valence-corrected chi connectivity index (χ3v) is 2.94. The molecular weight excluding hydrogens is 192 g/mol. The van der Waals surface area contributed by atoms with Crippen molar-refractivity contribution >= 4 is 11.8 Å². The van der Waals surface area contributed by atoms with Gasteiger partial charge in [-0.25, -0.2) is 0 Å². The number of carboxylic acids is 1. The SMILES string of the molecule is Cc1cccc2c1CC(C(=O)O)CC2=O. The standard InChI is InChI=1S/C12H12O3/c1-7-3-2-4-9-10(7)5-8(12(14)15)6-11(9)13/h2-4,8H,5-6H2,1H3,(H,14,15). The molecular formula is C12H12O3. The number of rotatable bonds is 1. The molecule has 1 atom stereocenters. The monoisotopic (exact) mass is 204 g/mol. The van der Waals surface area contributed by atoms with Gasteiger partial charge < -0.3 is 5.11 Å². The van der Waals surface area contributed by atoms with Crippen LogP contribution in [0.25, 0.3) is 0 Å². The Hall–Kier alpha value is -1.64. The number of carboxylic acid groups (broad SMARTS) is 1. The highest BCUT2D eigenvalue weighted by molar-refractivity contribution is 6.01. The van der Waals surface area contributed by atoms with Gasteiger partial charge >= 0.3 is 5.97 Å². The van der Waals surface area contributed by atoms with Crippen molar-refractivity contribution in [3.8, 4) is 0 Å². The number of Topliss-reactive ketones (excluding diaryl/α,β-unsaturated/α-hetero) is 1. The van der Waals surface area contributed by atoms with Crippen LogP contribution in [-0.2, 0) is 11.2 Å². The number of benzene rings is 1. The second-order valence-electron chi connectivity index (χ2n) is 3.97. The van der Waals surface area contributed by atoms with Gasteiger partial charge in [-0.1, -0.05) is 18.2 Å². The number of carbonyl (C=O) groups is 2. The van der Waals surface area contributed by atoms with E-state index >= 15 is 0 Å². The van der Waals surface area contributed by atoms with Gasteiger partial charge in [0, 0.05) is 12.0 Å². The van der Waals surface area contributed by atoms with Crippen molar-refractivity contribution in [2.75, 3.05) is 0 Å². The van der Waals surface area contributed by atoms with Crippen LogP contribution >= 0.6 is 0 Å². The Morgan fingerprint density at radius 3 is 2.80 bits per heavy atom. The van der Waals surface area contributed by atoms with Gasteiger partial charge in [-0.05, 0) is 24.5 Å². The van der Waals surface area contributed by atoms with Crippen LogP contribution in [0.4, 0.5) is 0 Å². The Morgan fingerprint density at radius 2 is 2.13 bits per heavy atom. The predicted molar refractivity (Wildman–Crippen MR) is 55.0 cm³/mol. The predicted octanol–water partition coefficient (Wildman–Crippen LogP) is 1.82. The average molecular weight is 204 g/mol. The zero-order chi connectivity index (χ0) is 11.0. The van der Waals surface area contributed by atoms with E-state index in [9.17, 15) is 9.59 Å². The minimum absolute atomic E-state index is 0.0487. The summed E-state index contributed by atoms with van der Waals surface area (Å²) in [4.78, 5) is 22.6. The smallest absolute Gasteiger partial charge is 0.307 e. The molecule has 0 saturated carbocycles. The molecule has 1 aromatic carbocycles. The average Bonchev–Trinajstić information content (AvgIpc) is 2.19. The first kappa shape index (κ1) is 9.90. The minimum Gasteiger partial charge on any atom is -0.481 e. The highest BCUT2D eigenvalue weighted by atomic mass is 16.4. The highest BCUT2D eigenvalue weighted by Gasteiger charge is 2.30. The maximum atomic E-state index is 11.7. The number of aryl methyl sites for hydroxylation is 1. The third kappa shape index (κ3) is 1.65. The lowest BCUT2D eigenvalue weighted by atomic mass is 9.81. The van der Waals surface area contributed by atoms with Crippen molar-refractivity contribution in [2.24, 2.45) is 5.92 Å². The molecule has 0 radical (unpaired) electrons. The molecule has 78 valence electrons. The van der Waals surface area contributed by atoms with E-state index in [4.69, 9.17) is 5.11 Å². The number of carbonyl (C=O) groups excluding carboxylic acids is 1. The van der Waals surface area contributed by atoms with Gasteiger partial charge in [0.15, 0.2) is 5.78 Å². The van der Waals surface area contributed by atoms with Crippen LogP contribution < -0.4 is 0 Å².